The molecule has 6 nitrogen and oxygen atoms in total. The van der Waals surface area contributed by atoms with Crippen molar-refractivity contribution in [2.24, 2.45) is 0 Å². The molecule has 20 heavy (non-hydrogen) atoms. The molecule has 2 N–H and O–H groups in total. The molecule has 1 amide bonds. The molecule has 0 radical (unpaired) electrons. The lowest BCUT2D eigenvalue weighted by molar-refractivity contribution is 0.102. The number of ether oxygens (including phenoxy) is 2. The molecule has 0 saturated carbocycles. The van der Waals surface area contributed by atoms with E-state index in [2.05, 4.69) is 15.5 Å². The molecule has 0 aliphatic rings. The van der Waals surface area contributed by atoms with Gasteiger partial charge in [-0.3, -0.25) is 9.89 Å². The summed E-state index contributed by atoms with van der Waals surface area (Å²) in [4.78, 5) is 12.1. The number of nitrogens with one attached hydrogen (secondary N) is 2. The molecule has 0 aliphatic carbocycles. The van der Waals surface area contributed by atoms with Gasteiger partial charge < -0.3 is 14.8 Å². The number of amides is 1. The summed E-state index contributed by atoms with van der Waals surface area (Å²) in [6.45, 7) is 4.83. The zero-order valence-corrected chi connectivity index (χ0v) is 11.5. The fraction of sp³-hybridized carbons (Fsp3) is 0.286. The highest BCUT2D eigenvalue weighted by molar-refractivity contribution is 6.04. The molecule has 0 fully saturated rings. The summed E-state index contributed by atoms with van der Waals surface area (Å²) in [5.41, 5.74) is 1.11. The van der Waals surface area contributed by atoms with Crippen molar-refractivity contribution in [3.63, 3.8) is 0 Å². The summed E-state index contributed by atoms with van der Waals surface area (Å²) < 4.78 is 11.0. The molecule has 1 heterocycles. The van der Waals surface area contributed by atoms with Crippen LogP contribution in [0.3, 0.4) is 0 Å². The molecular weight excluding hydrogens is 258 g/mol. The van der Waals surface area contributed by atoms with Crippen LogP contribution in [0.1, 0.15) is 24.2 Å². The van der Waals surface area contributed by atoms with Crippen molar-refractivity contribution in [3.8, 4) is 11.5 Å². The van der Waals surface area contributed by atoms with Crippen molar-refractivity contribution in [3.05, 3.63) is 36.2 Å². The van der Waals surface area contributed by atoms with E-state index in [1.54, 1.807) is 24.4 Å². The third-order valence-corrected chi connectivity index (χ3v) is 2.56. The van der Waals surface area contributed by atoms with Crippen LogP contribution in [0, 0.1) is 0 Å². The summed E-state index contributed by atoms with van der Waals surface area (Å²) >= 11 is 0. The summed E-state index contributed by atoms with van der Waals surface area (Å²) in [6, 6.07) is 5.10. The van der Waals surface area contributed by atoms with Gasteiger partial charge in [-0.15, -0.1) is 0 Å². The minimum atomic E-state index is -0.226. The number of carbonyl (C=O) groups is 1. The van der Waals surface area contributed by atoms with Gasteiger partial charge in [-0.05, 0) is 32.0 Å². The minimum absolute atomic E-state index is 0.226. The Kier molecular flexibility index (Phi) is 4.60. The first-order valence-corrected chi connectivity index (χ1v) is 6.44. The van der Waals surface area contributed by atoms with Crippen molar-refractivity contribution in [2.45, 2.75) is 13.8 Å². The van der Waals surface area contributed by atoms with E-state index in [0.29, 0.717) is 36.0 Å². The number of carbonyl (C=O) groups excluding carboxylic acids is 1. The molecule has 6 heteroatoms. The van der Waals surface area contributed by atoms with Crippen LogP contribution in [0.4, 0.5) is 5.69 Å². The first-order chi connectivity index (χ1) is 9.74. The lowest BCUT2D eigenvalue weighted by Gasteiger charge is -2.12. The number of benzene rings is 1. The van der Waals surface area contributed by atoms with Gasteiger partial charge in [0.25, 0.3) is 5.91 Å². The van der Waals surface area contributed by atoms with Crippen LogP contribution in [-0.2, 0) is 0 Å². The summed E-state index contributed by atoms with van der Waals surface area (Å²) in [5, 5.41) is 9.13. The van der Waals surface area contributed by atoms with Gasteiger partial charge in [0.2, 0.25) is 0 Å². The SMILES string of the molecule is CCOc1ccc(C(=O)Nc2cn[nH]c2)cc1OCC. The lowest BCUT2D eigenvalue weighted by atomic mass is 10.2. The number of anilines is 1. The normalized spacial score (nSPS) is 10.1. The first kappa shape index (κ1) is 13.9. The Hall–Kier alpha value is -2.50. The zero-order valence-electron chi connectivity index (χ0n) is 11.5. The maximum atomic E-state index is 12.1. The Morgan fingerprint density at radius 1 is 1.25 bits per heavy atom. The van der Waals surface area contributed by atoms with Gasteiger partial charge in [-0.1, -0.05) is 0 Å². The molecule has 2 aromatic rings. The highest BCUT2D eigenvalue weighted by atomic mass is 16.5. The average molecular weight is 275 g/mol. The smallest absolute Gasteiger partial charge is 0.255 e. The number of H-pyrrole nitrogens is 1. The van der Waals surface area contributed by atoms with Gasteiger partial charge in [0.15, 0.2) is 11.5 Å². The van der Waals surface area contributed by atoms with E-state index in [4.69, 9.17) is 9.47 Å². The van der Waals surface area contributed by atoms with Crippen molar-refractivity contribution in [2.75, 3.05) is 18.5 Å². The number of nitrogens with zero attached hydrogens (tertiary/aromatic N) is 1. The van der Waals surface area contributed by atoms with Gasteiger partial charge in [0.1, 0.15) is 0 Å². The van der Waals surface area contributed by atoms with E-state index in [1.165, 1.54) is 6.20 Å². The Morgan fingerprint density at radius 2 is 2.00 bits per heavy atom. The predicted octanol–water partition coefficient (Wildman–Crippen LogP) is 2.46. The van der Waals surface area contributed by atoms with E-state index >= 15 is 0 Å². The molecule has 1 aromatic heterocycles. The quantitative estimate of drug-likeness (QED) is 0.849. The molecular formula is C14H17N3O3. The second kappa shape index (κ2) is 6.60. The van der Waals surface area contributed by atoms with Crippen LogP contribution in [-0.4, -0.2) is 29.3 Å². The fourth-order valence-electron chi connectivity index (χ4n) is 1.71. The Bertz CT molecular complexity index is 567. The van der Waals surface area contributed by atoms with Crippen LogP contribution >= 0.6 is 0 Å². The lowest BCUT2D eigenvalue weighted by Crippen LogP contribution is -2.12. The van der Waals surface area contributed by atoms with Crippen molar-refractivity contribution in [1.82, 2.24) is 10.2 Å². The number of aromatic nitrogens is 2. The van der Waals surface area contributed by atoms with Gasteiger partial charge in [0, 0.05) is 11.8 Å². The van der Waals surface area contributed by atoms with E-state index in [1.807, 2.05) is 13.8 Å². The Morgan fingerprint density at radius 3 is 2.65 bits per heavy atom. The molecule has 0 atom stereocenters. The van der Waals surface area contributed by atoms with Crippen LogP contribution in [0.5, 0.6) is 11.5 Å². The van der Waals surface area contributed by atoms with Crippen molar-refractivity contribution >= 4 is 11.6 Å². The van der Waals surface area contributed by atoms with Crippen molar-refractivity contribution in [1.29, 1.82) is 0 Å². The molecule has 2 rings (SSSR count). The minimum Gasteiger partial charge on any atom is -0.490 e. The van der Waals surface area contributed by atoms with Gasteiger partial charge in [-0.25, -0.2) is 0 Å². The molecule has 0 aliphatic heterocycles. The molecule has 1 aromatic carbocycles. The summed E-state index contributed by atoms with van der Waals surface area (Å²) in [7, 11) is 0. The fourth-order valence-corrected chi connectivity index (χ4v) is 1.71. The van der Waals surface area contributed by atoms with Crippen LogP contribution < -0.4 is 14.8 Å². The third-order valence-electron chi connectivity index (χ3n) is 2.56. The van der Waals surface area contributed by atoms with Crippen LogP contribution in [0.2, 0.25) is 0 Å². The standard InChI is InChI=1S/C14H17N3O3/c1-3-19-12-6-5-10(7-13(12)20-4-2)14(18)17-11-8-15-16-9-11/h5-9H,3-4H2,1-2H3,(H,15,16)(H,17,18). The second-order valence-corrected chi connectivity index (χ2v) is 3.97. The van der Waals surface area contributed by atoms with E-state index in [9.17, 15) is 4.79 Å². The topological polar surface area (TPSA) is 76.2 Å². The monoisotopic (exact) mass is 275 g/mol. The number of hydrogen-bond acceptors (Lipinski definition) is 4. The maximum Gasteiger partial charge on any atom is 0.255 e. The first-order valence-electron chi connectivity index (χ1n) is 6.44. The van der Waals surface area contributed by atoms with E-state index in [0.717, 1.165) is 0 Å². The summed E-state index contributed by atoms with van der Waals surface area (Å²) in [5.74, 6) is 0.971. The number of aromatic amines is 1. The highest BCUT2D eigenvalue weighted by Gasteiger charge is 2.12. The van der Waals surface area contributed by atoms with E-state index < -0.39 is 0 Å². The zero-order chi connectivity index (χ0) is 14.4. The molecule has 0 spiro atoms. The second-order valence-electron chi connectivity index (χ2n) is 3.97. The number of hydrogen-bond donors (Lipinski definition) is 2. The van der Waals surface area contributed by atoms with Gasteiger partial charge in [0.05, 0.1) is 25.1 Å². The maximum absolute atomic E-state index is 12.1. The molecule has 0 bridgehead atoms. The van der Waals surface area contributed by atoms with Gasteiger partial charge in [-0.2, -0.15) is 5.10 Å². The van der Waals surface area contributed by atoms with Crippen LogP contribution in [0.25, 0.3) is 0 Å². The van der Waals surface area contributed by atoms with E-state index in [-0.39, 0.29) is 5.91 Å². The van der Waals surface area contributed by atoms with Crippen LogP contribution in [0.15, 0.2) is 30.6 Å². The summed E-state index contributed by atoms with van der Waals surface area (Å²) in [6.07, 6.45) is 3.14. The Labute approximate surface area is 117 Å². The predicted molar refractivity (Wildman–Crippen MR) is 75.3 cm³/mol. The Balaban J connectivity index is 2.19. The average Bonchev–Trinajstić information content (AvgIpc) is 2.94. The number of rotatable bonds is 6. The highest BCUT2D eigenvalue weighted by Crippen LogP contribution is 2.28. The third kappa shape index (κ3) is 3.28. The molecule has 0 unspecified atom stereocenters. The molecule has 0 saturated heterocycles. The van der Waals surface area contributed by atoms with Crippen molar-refractivity contribution < 1.29 is 14.3 Å². The largest absolute Gasteiger partial charge is 0.490 e. The van der Waals surface area contributed by atoms with Gasteiger partial charge >= 0.3 is 0 Å². The molecule has 106 valence electrons.